The van der Waals surface area contributed by atoms with Crippen LogP contribution < -0.4 is 0 Å². The van der Waals surface area contributed by atoms with Gasteiger partial charge in [0, 0.05) is 0 Å². The monoisotopic (exact) mass is 514 g/mol. The smallest absolute Gasteiger partial charge is 0.00694 e. The average Bonchev–Trinajstić information content (AvgIpc) is 3.00. The van der Waals surface area contributed by atoms with Crippen LogP contribution in [0.2, 0.25) is 0 Å². The quantitative estimate of drug-likeness (QED) is 0.201. The molecule has 0 spiro atoms. The van der Waals surface area contributed by atoms with Crippen LogP contribution in [-0.4, -0.2) is 0 Å². The molecule has 0 saturated carbocycles. The Morgan fingerprint density at radius 2 is 1.00 bits per heavy atom. The Labute approximate surface area is 238 Å². The maximum atomic E-state index is 2.37. The molecule has 0 amide bonds. The van der Waals surface area contributed by atoms with E-state index in [9.17, 15) is 0 Å². The highest BCUT2D eigenvalue weighted by molar-refractivity contribution is 6.11. The highest BCUT2D eigenvalue weighted by Gasteiger charge is 2.19. The first-order valence-corrected chi connectivity index (χ1v) is 14.1. The van der Waals surface area contributed by atoms with Gasteiger partial charge in [0.05, 0.1) is 0 Å². The van der Waals surface area contributed by atoms with Crippen LogP contribution in [0.1, 0.15) is 30.5 Å². The Bertz CT molecular complexity index is 1920. The molecule has 0 nitrogen and oxygen atoms in total. The van der Waals surface area contributed by atoms with Gasteiger partial charge in [-0.2, -0.15) is 0 Å². The fourth-order valence-corrected chi connectivity index (χ4v) is 6.28. The lowest BCUT2D eigenvalue weighted by Gasteiger charge is -2.21. The van der Waals surface area contributed by atoms with Crippen LogP contribution in [0.3, 0.4) is 0 Å². The third-order valence-electron chi connectivity index (χ3n) is 8.00. The van der Waals surface area contributed by atoms with Gasteiger partial charge in [0.25, 0.3) is 0 Å². The first-order valence-electron chi connectivity index (χ1n) is 14.1. The molecule has 0 radical (unpaired) electrons. The first-order chi connectivity index (χ1) is 19.6. The standard InChI is InChI=1S/C40H34/c1-5-16-29(6-2)37-25-27(3)39(33-21-12-10-19-31(33)37)35-23-14-15-24-36(35)40-28(4)26-38(30-17-8-7-9-18-30)32-20-11-13-22-34(32)40/h5-26H,1-4H3/b16-5-,29-6+. The third-order valence-corrected chi connectivity index (χ3v) is 8.00. The number of hydrogen-bond donors (Lipinski definition) is 0. The van der Waals surface area contributed by atoms with E-state index >= 15 is 0 Å². The molecule has 0 aliphatic rings. The van der Waals surface area contributed by atoms with E-state index in [1.807, 2.05) is 0 Å². The van der Waals surface area contributed by atoms with Gasteiger partial charge in [-0.15, -0.1) is 0 Å². The van der Waals surface area contributed by atoms with Crippen molar-refractivity contribution in [1.29, 1.82) is 0 Å². The summed E-state index contributed by atoms with van der Waals surface area (Å²) in [7, 11) is 0. The van der Waals surface area contributed by atoms with Crippen LogP contribution in [0.25, 0.3) is 60.5 Å². The Hall–Kier alpha value is -4.68. The first kappa shape index (κ1) is 25.6. The topological polar surface area (TPSA) is 0 Å². The van der Waals surface area contributed by atoms with Crippen LogP contribution in [0.5, 0.6) is 0 Å². The Balaban J connectivity index is 1.66. The largest absolute Gasteiger partial charge is 0.0871 e. The van der Waals surface area contributed by atoms with Gasteiger partial charge in [0.1, 0.15) is 0 Å². The zero-order chi connectivity index (χ0) is 27.6. The number of fused-ring (bicyclic) bond motifs is 2. The zero-order valence-electron chi connectivity index (χ0n) is 23.7. The fourth-order valence-electron chi connectivity index (χ4n) is 6.28. The van der Waals surface area contributed by atoms with Crippen LogP contribution in [-0.2, 0) is 0 Å². The van der Waals surface area contributed by atoms with Gasteiger partial charge >= 0.3 is 0 Å². The van der Waals surface area contributed by atoms with Crippen molar-refractivity contribution >= 4 is 27.1 Å². The molecule has 0 saturated heterocycles. The molecule has 0 heteroatoms. The molecular weight excluding hydrogens is 480 g/mol. The molecule has 0 N–H and O–H groups in total. The average molecular weight is 515 g/mol. The molecule has 6 rings (SSSR count). The molecule has 194 valence electrons. The van der Waals surface area contributed by atoms with Gasteiger partial charge < -0.3 is 0 Å². The molecule has 0 atom stereocenters. The van der Waals surface area contributed by atoms with Crippen LogP contribution in [0.4, 0.5) is 0 Å². The molecule has 0 unspecified atom stereocenters. The van der Waals surface area contributed by atoms with E-state index in [0.29, 0.717) is 0 Å². The van der Waals surface area contributed by atoms with Gasteiger partial charge in [-0.3, -0.25) is 0 Å². The van der Waals surface area contributed by atoms with E-state index in [2.05, 4.69) is 161 Å². The SMILES string of the molecule is C/C=C\C(=C/C)c1cc(C)c(-c2ccccc2-c2c(C)cc(-c3ccccc3)c3ccccc23)c2ccccc12. The Morgan fingerprint density at radius 1 is 0.500 bits per heavy atom. The molecule has 0 aliphatic carbocycles. The van der Waals surface area contributed by atoms with Crippen molar-refractivity contribution in [3.05, 3.63) is 150 Å². The summed E-state index contributed by atoms with van der Waals surface area (Å²) in [5, 5.41) is 5.14. The number of aryl methyl sites for hydroxylation is 2. The molecule has 0 aliphatic heterocycles. The normalized spacial score (nSPS) is 12.1. The van der Waals surface area contributed by atoms with Crippen molar-refractivity contribution in [2.24, 2.45) is 0 Å². The molecule has 0 fully saturated rings. The lowest BCUT2D eigenvalue weighted by molar-refractivity contribution is 1.45. The number of rotatable bonds is 5. The van der Waals surface area contributed by atoms with Crippen molar-refractivity contribution in [2.75, 3.05) is 0 Å². The molecule has 6 aromatic carbocycles. The second-order valence-corrected chi connectivity index (χ2v) is 10.5. The second kappa shape index (κ2) is 10.8. The summed E-state index contributed by atoms with van der Waals surface area (Å²) in [5.41, 5.74) is 12.8. The molecule has 0 heterocycles. The summed E-state index contributed by atoms with van der Waals surface area (Å²) in [5.74, 6) is 0. The third kappa shape index (κ3) is 4.36. The Kier molecular flexibility index (Phi) is 6.93. The highest BCUT2D eigenvalue weighted by Crippen LogP contribution is 2.45. The summed E-state index contributed by atoms with van der Waals surface area (Å²) in [6.07, 6.45) is 6.53. The van der Waals surface area contributed by atoms with Crippen LogP contribution >= 0.6 is 0 Å². The summed E-state index contributed by atoms with van der Waals surface area (Å²) < 4.78 is 0. The van der Waals surface area contributed by atoms with E-state index in [1.54, 1.807) is 0 Å². The summed E-state index contributed by atoms with van der Waals surface area (Å²) >= 11 is 0. The molecule has 6 aromatic rings. The van der Waals surface area contributed by atoms with E-state index in [1.165, 1.54) is 77.2 Å². The number of hydrogen-bond acceptors (Lipinski definition) is 0. The predicted molar refractivity (Wildman–Crippen MR) is 176 cm³/mol. The van der Waals surface area contributed by atoms with Gasteiger partial charge in [0.15, 0.2) is 0 Å². The van der Waals surface area contributed by atoms with Crippen LogP contribution in [0, 0.1) is 13.8 Å². The number of allylic oxidation sites excluding steroid dienone is 4. The summed E-state index contributed by atoms with van der Waals surface area (Å²) in [6.45, 7) is 8.72. The van der Waals surface area contributed by atoms with Gasteiger partial charge in [-0.05, 0) is 105 Å². The highest BCUT2D eigenvalue weighted by atomic mass is 14.2. The zero-order valence-corrected chi connectivity index (χ0v) is 23.7. The fraction of sp³-hybridized carbons (Fsp3) is 0.100. The maximum Gasteiger partial charge on any atom is -0.00694 e. The summed E-state index contributed by atoms with van der Waals surface area (Å²) in [6, 6.07) is 42.1. The lowest BCUT2D eigenvalue weighted by atomic mass is 9.82. The van der Waals surface area contributed by atoms with Crippen molar-refractivity contribution in [2.45, 2.75) is 27.7 Å². The second-order valence-electron chi connectivity index (χ2n) is 10.5. The molecule has 40 heavy (non-hydrogen) atoms. The van der Waals surface area contributed by atoms with E-state index in [4.69, 9.17) is 0 Å². The minimum Gasteiger partial charge on any atom is -0.0871 e. The van der Waals surface area contributed by atoms with E-state index < -0.39 is 0 Å². The van der Waals surface area contributed by atoms with Crippen molar-refractivity contribution in [1.82, 2.24) is 0 Å². The van der Waals surface area contributed by atoms with Gasteiger partial charge in [-0.1, -0.05) is 133 Å². The summed E-state index contributed by atoms with van der Waals surface area (Å²) in [4.78, 5) is 0. The minimum atomic E-state index is 1.25. The van der Waals surface area contributed by atoms with Gasteiger partial charge in [0.2, 0.25) is 0 Å². The number of benzene rings is 6. The van der Waals surface area contributed by atoms with Crippen molar-refractivity contribution in [3.63, 3.8) is 0 Å². The Morgan fingerprint density at radius 3 is 1.60 bits per heavy atom. The van der Waals surface area contributed by atoms with Crippen LogP contribution in [0.15, 0.2) is 133 Å². The lowest BCUT2D eigenvalue weighted by Crippen LogP contribution is -1.96. The molecule has 0 bridgehead atoms. The minimum absolute atomic E-state index is 1.25. The maximum absolute atomic E-state index is 2.37. The van der Waals surface area contributed by atoms with Crippen molar-refractivity contribution < 1.29 is 0 Å². The van der Waals surface area contributed by atoms with E-state index in [0.717, 1.165) is 0 Å². The van der Waals surface area contributed by atoms with Crippen molar-refractivity contribution in [3.8, 4) is 33.4 Å². The molecular formula is C40H34. The molecule has 0 aromatic heterocycles. The van der Waals surface area contributed by atoms with E-state index in [-0.39, 0.29) is 0 Å². The van der Waals surface area contributed by atoms with Gasteiger partial charge in [-0.25, -0.2) is 0 Å². The predicted octanol–water partition coefficient (Wildman–Crippen LogP) is 11.6.